The molecule has 0 aromatic heterocycles. The van der Waals surface area contributed by atoms with Gasteiger partial charge in [-0.05, 0) is 184 Å². The van der Waals surface area contributed by atoms with Crippen molar-refractivity contribution in [3.63, 3.8) is 0 Å². The number of hydrogen-bond donors (Lipinski definition) is 0. The van der Waals surface area contributed by atoms with Crippen LogP contribution >= 0.6 is 58.8 Å². The monoisotopic (exact) mass is 2050 g/mol. The first-order chi connectivity index (χ1) is 68.6. The summed E-state index contributed by atoms with van der Waals surface area (Å²) in [6.45, 7) is 16.8. The molecular formula is C107H96F10N10O11S5. The number of allylic oxidation sites excluding steroid dienone is 1. The number of fused-ring (bicyclic) bond motifs is 10. The molecule has 10 aliphatic rings. The largest absolute Gasteiger partial charge is 0.493 e. The van der Waals surface area contributed by atoms with E-state index in [2.05, 4.69) is 45.1 Å². The molecule has 10 aromatic carbocycles. The first kappa shape index (κ1) is 103. The first-order valence-electron chi connectivity index (χ1n) is 46.1. The normalized spacial score (nSPS) is 23.1. The van der Waals surface area contributed by atoms with Crippen molar-refractivity contribution >= 4 is 131 Å². The van der Waals surface area contributed by atoms with Crippen LogP contribution in [-0.2, 0) is 75.6 Å². The van der Waals surface area contributed by atoms with E-state index in [1.165, 1.54) is 109 Å². The standard InChI is InChI=1S/C22H22F2N2O2S.C22H20F2N2OS.2C21H18F2N2O3S.C21H18F2N2O2S/c1-3-4-7-15-13-28-20-9-6-5-8-18(20)22(15)26(14(2)27)25-21(29-22)17-12-16(23)10-11-19(17)24;1-3-6-16-10-9-15-7-4-5-8-19(15)22(16)26(14(2)27)25-21(28-22)18-13-17(23)11-12-20(18)24;2*1-12(26)9-14-11-28-19-6-4-3-5-17(19)21(14)25(13(2)27)24-20(29-21)16-10-15(22)7-8-18(16)23;1-13(27)25-21(28-20(24-25)17-12-16(22)8-9-19(17)23)15(10-11-26)7-6-14-4-2-3-5-18(14)21/h5-6,8-12,15H,3-4,7,13H2,1-2H3;3-5,7-8,11-13,16H,1,6,9-10H2,2H3;2*3-8,10,14H,9,11H2,1-2H3;2-5,8-9,11-12,15H,6-7,10H2,1H3. The van der Waals surface area contributed by atoms with Gasteiger partial charge in [-0.15, -0.1) is 6.58 Å². The van der Waals surface area contributed by atoms with Gasteiger partial charge in [0.1, 0.15) is 128 Å². The summed E-state index contributed by atoms with van der Waals surface area (Å²) < 4.78 is 159. The van der Waals surface area contributed by atoms with E-state index in [0.29, 0.717) is 57.9 Å². The van der Waals surface area contributed by atoms with Crippen LogP contribution in [-0.4, -0.2) is 117 Å². The van der Waals surface area contributed by atoms with Gasteiger partial charge in [-0.3, -0.25) is 24.0 Å². The highest BCUT2D eigenvalue weighted by atomic mass is 32.2. The van der Waals surface area contributed by atoms with Gasteiger partial charge in [-0.25, -0.2) is 68.9 Å². The summed E-state index contributed by atoms with van der Waals surface area (Å²) in [5.74, 6) is -6.69. The molecule has 2 aliphatic carbocycles. The number of rotatable bonds is 16. The van der Waals surface area contributed by atoms with E-state index in [9.17, 15) is 82.3 Å². The second kappa shape index (κ2) is 42.9. The summed E-state index contributed by atoms with van der Waals surface area (Å²) in [6.07, 6.45) is 9.97. The van der Waals surface area contributed by atoms with Crippen LogP contribution in [0.2, 0.25) is 0 Å². The molecule has 10 atom stereocenters. The first-order valence-corrected chi connectivity index (χ1v) is 50.2. The number of carbonyl (C=O) groups excluding carboxylic acids is 8. The number of para-hydroxylation sites is 3. The van der Waals surface area contributed by atoms with Gasteiger partial charge in [0.05, 0.1) is 19.8 Å². The highest BCUT2D eigenvalue weighted by molar-refractivity contribution is 8.16. The van der Waals surface area contributed by atoms with Gasteiger partial charge in [-0.1, -0.05) is 188 Å². The Morgan fingerprint density at radius 2 is 0.601 bits per heavy atom. The van der Waals surface area contributed by atoms with Crippen molar-refractivity contribution in [1.29, 1.82) is 0 Å². The Bertz CT molecular complexity index is 6600. The Hall–Kier alpha value is -12.9. The van der Waals surface area contributed by atoms with E-state index < -0.39 is 94.4 Å². The number of amides is 5. The Balaban J connectivity index is 0.000000128. The van der Waals surface area contributed by atoms with Gasteiger partial charge in [-0.2, -0.15) is 25.5 Å². The second-order valence-corrected chi connectivity index (χ2v) is 41.5. The molecule has 0 fully saturated rings. The lowest BCUT2D eigenvalue weighted by atomic mass is 9.77. The number of aryl methyl sites for hydroxylation is 2. The molecule has 8 aliphatic heterocycles. The fraction of sp³-hybridized carbons (Fsp3) is 0.299. The molecule has 0 N–H and O–H groups in total. The van der Waals surface area contributed by atoms with Gasteiger partial charge in [0.25, 0.3) is 0 Å². The number of hydrazone groups is 5. The van der Waals surface area contributed by atoms with Crippen LogP contribution < -0.4 is 14.2 Å². The van der Waals surface area contributed by atoms with Gasteiger partial charge >= 0.3 is 0 Å². The van der Waals surface area contributed by atoms with Crippen molar-refractivity contribution < 1.29 is 96.5 Å². The molecule has 20 rings (SSSR count). The molecule has 143 heavy (non-hydrogen) atoms. The van der Waals surface area contributed by atoms with E-state index in [-0.39, 0.29) is 134 Å². The second-order valence-electron chi connectivity index (χ2n) is 35.5. The topological polar surface area (TPSA) is 242 Å². The SMILES string of the molecule is C=CCC1CCc2ccccc2C12SC(c1cc(F)ccc1F)=NN2C(C)=O.CC(=O)CC1COc2ccccc2C12SC(c1cc(F)ccc1F)=NN2C(C)=O.CC(=O)CC1COc2ccccc2C12SC(c1cc(F)ccc1F)=NN2C(C)=O.CC(=O)N1N=C(c2cc(F)ccc2F)SC12c1ccccc1CCC2CC=O.CCCCC1COc2ccccc2C12SC(c1cc(F)ccc1F)=NN2C(C)=O. The van der Waals surface area contributed by atoms with Crippen molar-refractivity contribution in [3.8, 4) is 17.2 Å². The molecule has 740 valence electrons. The highest BCUT2D eigenvalue weighted by Gasteiger charge is 2.62. The number of halogens is 10. The number of ketones is 2. The number of nitrogens with zero attached hydrogens (tertiary/aromatic N) is 10. The minimum absolute atomic E-state index is 0.0148. The summed E-state index contributed by atoms with van der Waals surface area (Å²) in [6, 6.07) is 53.7. The molecular weight excluding hydrogens is 1950 g/mol. The molecule has 0 bridgehead atoms. The Labute approximate surface area is 839 Å². The predicted molar refractivity (Wildman–Crippen MR) is 532 cm³/mol. The van der Waals surface area contributed by atoms with Gasteiger partial charge in [0.15, 0.2) is 14.6 Å². The zero-order valence-electron chi connectivity index (χ0n) is 78.6. The number of aldehydes is 1. The minimum Gasteiger partial charge on any atom is -0.493 e. The van der Waals surface area contributed by atoms with Crippen LogP contribution in [0, 0.1) is 87.8 Å². The fourth-order valence-corrected chi connectivity index (χ4v) is 27.9. The fourth-order valence-electron chi connectivity index (χ4n) is 20.0. The maximum atomic E-state index is 14.5. The summed E-state index contributed by atoms with van der Waals surface area (Å²) in [4.78, 5) is 93.7. The zero-order chi connectivity index (χ0) is 102. The van der Waals surface area contributed by atoms with E-state index in [1.807, 2.05) is 97.1 Å². The number of ether oxygens (including phenoxy) is 3. The van der Waals surface area contributed by atoms with Gasteiger partial charge < -0.3 is 28.6 Å². The molecule has 5 amide bonds. The maximum Gasteiger partial charge on any atom is 0.241 e. The average Bonchev–Trinajstić information content (AvgIpc) is 1.60. The van der Waals surface area contributed by atoms with Gasteiger partial charge in [0.2, 0.25) is 29.5 Å². The average molecular weight is 2050 g/mol. The molecule has 10 unspecified atom stereocenters. The summed E-state index contributed by atoms with van der Waals surface area (Å²) >= 11 is 6.19. The Kier molecular flexibility index (Phi) is 30.9. The van der Waals surface area contributed by atoms with Crippen LogP contribution in [0.4, 0.5) is 43.9 Å². The maximum absolute atomic E-state index is 14.5. The van der Waals surface area contributed by atoms with Crippen molar-refractivity contribution in [1.82, 2.24) is 25.0 Å². The van der Waals surface area contributed by atoms with Crippen LogP contribution in [0.15, 0.2) is 250 Å². The molecule has 0 radical (unpaired) electrons. The quantitative estimate of drug-likeness (QED) is 0.0496. The van der Waals surface area contributed by atoms with E-state index >= 15 is 0 Å². The van der Waals surface area contributed by atoms with Crippen molar-refractivity contribution in [2.75, 3.05) is 19.8 Å². The molecule has 36 heteroatoms. The number of thioether (sulfide) groups is 5. The zero-order valence-corrected chi connectivity index (χ0v) is 82.7. The molecule has 8 heterocycles. The number of Topliss-reactive ketones (excluding diaryl/α,β-unsaturated/α-hetero) is 2. The predicted octanol–water partition coefficient (Wildman–Crippen LogP) is 22.8. The number of carbonyl (C=O) groups is 8. The summed E-state index contributed by atoms with van der Waals surface area (Å²) in [5, 5.41) is 30.2. The number of unbranched alkanes of at least 4 members (excludes halogenated alkanes) is 1. The summed E-state index contributed by atoms with van der Waals surface area (Å²) in [5.41, 5.74) is 6.41. The lowest BCUT2D eigenvalue weighted by molar-refractivity contribution is -0.136. The highest BCUT2D eigenvalue weighted by Crippen LogP contribution is 2.64. The van der Waals surface area contributed by atoms with E-state index in [4.69, 9.17) is 14.2 Å². The lowest BCUT2D eigenvalue weighted by Gasteiger charge is -2.45. The third-order valence-electron chi connectivity index (χ3n) is 26.1. The molecule has 21 nitrogen and oxygen atoms in total. The van der Waals surface area contributed by atoms with E-state index in [0.717, 1.165) is 187 Å². The van der Waals surface area contributed by atoms with Crippen molar-refractivity contribution in [2.24, 2.45) is 55.1 Å². The summed E-state index contributed by atoms with van der Waals surface area (Å²) in [7, 11) is 0. The molecule has 0 saturated carbocycles. The van der Waals surface area contributed by atoms with E-state index in [1.54, 1.807) is 24.3 Å². The van der Waals surface area contributed by atoms with Gasteiger partial charge in [0, 0.05) is 128 Å². The third-order valence-corrected chi connectivity index (χ3v) is 33.8. The molecule has 5 spiro atoms. The number of benzene rings is 10. The van der Waals surface area contributed by atoms with Crippen LogP contribution in [0.3, 0.4) is 0 Å². The Morgan fingerprint density at radius 3 is 0.867 bits per heavy atom. The molecule has 0 saturated heterocycles. The minimum atomic E-state index is -1.08. The smallest absolute Gasteiger partial charge is 0.241 e. The Morgan fingerprint density at radius 1 is 0.350 bits per heavy atom. The van der Waals surface area contributed by atoms with Crippen LogP contribution in [0.5, 0.6) is 17.2 Å². The molecule has 10 aromatic rings. The lowest BCUT2D eigenvalue weighted by Crippen LogP contribution is -2.51. The van der Waals surface area contributed by atoms with Crippen LogP contribution in [0.1, 0.15) is 180 Å². The number of hydrogen-bond acceptors (Lipinski definition) is 21. The van der Waals surface area contributed by atoms with Crippen LogP contribution in [0.25, 0.3) is 0 Å². The van der Waals surface area contributed by atoms with Crippen molar-refractivity contribution in [2.45, 2.75) is 150 Å². The third kappa shape index (κ3) is 19.7. The van der Waals surface area contributed by atoms with Crippen molar-refractivity contribution in [3.05, 3.63) is 350 Å².